The first kappa shape index (κ1) is 31.6. The Kier molecular flexibility index (Phi) is 10.6. The Morgan fingerprint density at radius 2 is 1.48 bits per heavy atom. The molecule has 0 spiro atoms. The lowest BCUT2D eigenvalue weighted by Crippen LogP contribution is -2.59. The molecule has 0 fully saturated rings. The zero-order chi connectivity index (χ0) is 31.0. The van der Waals surface area contributed by atoms with Crippen LogP contribution in [0.5, 0.6) is 5.75 Å². The maximum Gasteiger partial charge on any atom is 0.328 e. The Morgan fingerprint density at radius 3 is 2.10 bits per heavy atom. The van der Waals surface area contributed by atoms with E-state index >= 15 is 0 Å². The molecule has 3 amide bonds. The van der Waals surface area contributed by atoms with Crippen LogP contribution in [0.25, 0.3) is 10.9 Å². The van der Waals surface area contributed by atoms with E-state index in [0.29, 0.717) is 11.1 Å². The first-order chi connectivity index (χ1) is 19.8. The van der Waals surface area contributed by atoms with E-state index in [4.69, 9.17) is 5.73 Å². The number of nitrogens with two attached hydrogens (primary N) is 1. The monoisotopic (exact) mass is 583 g/mol. The summed E-state index contributed by atoms with van der Waals surface area (Å²) in [6, 6.07) is 7.35. The molecule has 3 rings (SSSR count). The highest BCUT2D eigenvalue weighted by atomic mass is 16.4. The average molecular weight is 584 g/mol. The van der Waals surface area contributed by atoms with E-state index in [1.807, 2.05) is 17.4 Å². The van der Waals surface area contributed by atoms with E-state index in [9.17, 15) is 44.4 Å². The molecule has 0 saturated carbocycles. The number of aliphatic carboxylic acids is 2. The minimum Gasteiger partial charge on any atom is -0.508 e. The van der Waals surface area contributed by atoms with Gasteiger partial charge in [-0.15, -0.1) is 0 Å². The fourth-order valence-corrected chi connectivity index (χ4v) is 4.29. The molecule has 0 bridgehead atoms. The quantitative estimate of drug-likeness (QED) is 0.116. The molecule has 2 aromatic carbocycles. The Balaban J connectivity index is 1.84. The molecule has 14 heteroatoms. The van der Waals surface area contributed by atoms with Gasteiger partial charge in [-0.1, -0.05) is 30.3 Å². The lowest BCUT2D eigenvalue weighted by atomic mass is 10.0. The number of amides is 3. The maximum atomic E-state index is 13.5. The zero-order valence-corrected chi connectivity index (χ0v) is 22.6. The van der Waals surface area contributed by atoms with Crippen LogP contribution < -0.4 is 21.7 Å². The van der Waals surface area contributed by atoms with E-state index in [1.54, 1.807) is 30.5 Å². The molecule has 1 aromatic heterocycles. The number of fused-ring (bicyclic) bond motifs is 1. The molecule has 1 heterocycles. The number of H-pyrrole nitrogens is 1. The van der Waals surface area contributed by atoms with Crippen LogP contribution in [-0.4, -0.2) is 85.3 Å². The summed E-state index contributed by atoms with van der Waals surface area (Å²) >= 11 is 0. The van der Waals surface area contributed by atoms with Crippen molar-refractivity contribution < 1.29 is 44.4 Å². The van der Waals surface area contributed by atoms with Crippen molar-refractivity contribution >= 4 is 40.6 Å². The second-order valence-corrected chi connectivity index (χ2v) is 9.83. The van der Waals surface area contributed by atoms with Crippen LogP contribution in [0.1, 0.15) is 24.5 Å². The molecule has 5 unspecified atom stereocenters. The molecule has 3 aromatic rings. The molecule has 14 nitrogen and oxygen atoms in total. The van der Waals surface area contributed by atoms with Crippen LogP contribution in [0.15, 0.2) is 54.7 Å². The summed E-state index contributed by atoms with van der Waals surface area (Å²) in [6.45, 7) is 1.12. The van der Waals surface area contributed by atoms with Gasteiger partial charge in [-0.25, -0.2) is 4.79 Å². The van der Waals surface area contributed by atoms with Crippen molar-refractivity contribution in [3.63, 3.8) is 0 Å². The first-order valence-corrected chi connectivity index (χ1v) is 13.0. The third-order valence-electron chi connectivity index (χ3n) is 6.52. The first-order valence-electron chi connectivity index (χ1n) is 13.0. The predicted molar refractivity (Wildman–Crippen MR) is 149 cm³/mol. The van der Waals surface area contributed by atoms with Gasteiger partial charge < -0.3 is 47.1 Å². The predicted octanol–water partition coefficient (Wildman–Crippen LogP) is -0.619. The second kappa shape index (κ2) is 14.1. The minimum atomic E-state index is -1.76. The third-order valence-corrected chi connectivity index (χ3v) is 6.52. The van der Waals surface area contributed by atoms with Gasteiger partial charge in [-0.2, -0.15) is 0 Å². The number of carbonyl (C=O) groups is 5. The number of aromatic hydroxyl groups is 1. The molecular weight excluding hydrogens is 550 g/mol. The Hall–Kier alpha value is -4.95. The number of aromatic nitrogens is 1. The summed E-state index contributed by atoms with van der Waals surface area (Å²) in [5.74, 6) is -5.77. The van der Waals surface area contributed by atoms with Crippen molar-refractivity contribution in [2.24, 2.45) is 5.73 Å². The number of phenolic OH excluding ortho intramolecular Hbond substituents is 1. The summed E-state index contributed by atoms with van der Waals surface area (Å²) in [6.07, 6.45) is -0.766. The third kappa shape index (κ3) is 8.52. The van der Waals surface area contributed by atoms with Crippen molar-refractivity contribution in [2.75, 3.05) is 0 Å². The van der Waals surface area contributed by atoms with Crippen molar-refractivity contribution in [1.82, 2.24) is 20.9 Å². The number of benzene rings is 2. The molecular formula is C28H33N5O9. The minimum absolute atomic E-state index is 0.0373. The number of aliphatic hydroxyl groups excluding tert-OH is 1. The van der Waals surface area contributed by atoms with E-state index in [1.165, 1.54) is 12.1 Å². The van der Waals surface area contributed by atoms with Crippen LogP contribution in [-0.2, 0) is 36.8 Å². The summed E-state index contributed by atoms with van der Waals surface area (Å²) in [7, 11) is 0. The van der Waals surface area contributed by atoms with Gasteiger partial charge >= 0.3 is 11.9 Å². The molecule has 0 aliphatic heterocycles. The highest BCUT2D eigenvalue weighted by molar-refractivity contribution is 5.96. The maximum absolute atomic E-state index is 13.5. The average Bonchev–Trinajstić information content (AvgIpc) is 3.34. The summed E-state index contributed by atoms with van der Waals surface area (Å²) in [5, 5.41) is 45.4. The zero-order valence-electron chi connectivity index (χ0n) is 22.6. The fourth-order valence-electron chi connectivity index (χ4n) is 4.29. The largest absolute Gasteiger partial charge is 0.508 e. The number of para-hydroxylation sites is 1. The number of rotatable bonds is 14. The number of phenols is 1. The second-order valence-electron chi connectivity index (χ2n) is 9.83. The molecule has 42 heavy (non-hydrogen) atoms. The van der Waals surface area contributed by atoms with Gasteiger partial charge in [0.05, 0.1) is 18.6 Å². The van der Waals surface area contributed by atoms with Crippen LogP contribution in [0.2, 0.25) is 0 Å². The van der Waals surface area contributed by atoms with E-state index in [-0.39, 0.29) is 18.6 Å². The van der Waals surface area contributed by atoms with Gasteiger partial charge in [0.2, 0.25) is 17.7 Å². The summed E-state index contributed by atoms with van der Waals surface area (Å²) in [5.41, 5.74) is 8.15. The molecule has 224 valence electrons. The topological polar surface area (TPSA) is 244 Å². The van der Waals surface area contributed by atoms with Crippen LogP contribution >= 0.6 is 0 Å². The van der Waals surface area contributed by atoms with Gasteiger partial charge in [-0.05, 0) is 42.7 Å². The highest BCUT2D eigenvalue weighted by Gasteiger charge is 2.33. The molecule has 0 aliphatic rings. The van der Waals surface area contributed by atoms with Crippen molar-refractivity contribution in [2.45, 2.75) is 56.5 Å². The van der Waals surface area contributed by atoms with Crippen molar-refractivity contribution in [3.8, 4) is 5.75 Å². The SMILES string of the molecule is CC(O)C(NC(=O)C(CC(=O)O)NC(=O)C(Cc1c[nH]c2ccccc12)NC(=O)C(N)Cc1ccc(O)cc1)C(=O)O. The van der Waals surface area contributed by atoms with Crippen LogP contribution in [0.3, 0.4) is 0 Å². The molecule has 0 saturated heterocycles. The number of hydrogen-bond donors (Lipinski definition) is 9. The molecule has 0 radical (unpaired) electrons. The van der Waals surface area contributed by atoms with Gasteiger partial charge in [0, 0.05) is 23.5 Å². The fraction of sp³-hybridized carbons (Fsp3) is 0.321. The number of carboxylic acid groups (broad SMARTS) is 2. The summed E-state index contributed by atoms with van der Waals surface area (Å²) in [4.78, 5) is 65.3. The number of aliphatic hydroxyl groups is 1. The molecule has 5 atom stereocenters. The van der Waals surface area contributed by atoms with Crippen molar-refractivity contribution in [3.05, 3.63) is 65.9 Å². The summed E-state index contributed by atoms with van der Waals surface area (Å²) < 4.78 is 0. The lowest BCUT2D eigenvalue weighted by Gasteiger charge is -2.25. The molecule has 0 aliphatic carbocycles. The number of aromatic amines is 1. The van der Waals surface area contributed by atoms with Crippen LogP contribution in [0.4, 0.5) is 0 Å². The van der Waals surface area contributed by atoms with E-state index in [0.717, 1.165) is 17.8 Å². The van der Waals surface area contributed by atoms with Crippen LogP contribution in [0, 0.1) is 0 Å². The van der Waals surface area contributed by atoms with Gasteiger partial charge in [0.15, 0.2) is 6.04 Å². The number of hydrogen-bond acceptors (Lipinski definition) is 8. The number of carbonyl (C=O) groups excluding carboxylic acids is 3. The highest BCUT2D eigenvalue weighted by Crippen LogP contribution is 2.19. The van der Waals surface area contributed by atoms with Crippen molar-refractivity contribution in [1.29, 1.82) is 0 Å². The lowest BCUT2D eigenvalue weighted by molar-refractivity contribution is -0.146. The normalized spacial score (nSPS) is 14.6. The smallest absolute Gasteiger partial charge is 0.328 e. The van der Waals surface area contributed by atoms with Gasteiger partial charge in [-0.3, -0.25) is 19.2 Å². The van der Waals surface area contributed by atoms with Gasteiger partial charge in [0.25, 0.3) is 0 Å². The Bertz CT molecular complexity index is 1440. The number of nitrogens with one attached hydrogen (secondary N) is 4. The van der Waals surface area contributed by atoms with E-state index in [2.05, 4.69) is 15.6 Å². The van der Waals surface area contributed by atoms with E-state index < -0.39 is 66.4 Å². The Morgan fingerprint density at radius 1 is 0.857 bits per heavy atom. The van der Waals surface area contributed by atoms with Gasteiger partial charge in [0.1, 0.15) is 17.8 Å². The number of carboxylic acids is 2. The Labute approximate surface area is 239 Å². The molecule has 10 N–H and O–H groups in total. The standard InChI is InChI=1S/C28H33N5O9/c1-14(34)24(28(41)42)33-27(40)22(12-23(36)37)32-26(39)21(11-16-13-30-20-5-3-2-4-18(16)20)31-25(38)19(29)10-15-6-8-17(35)9-7-15/h2-9,13-14,19,21-22,24,30,34-35H,10-12,29H2,1H3,(H,31,38)(H,32,39)(H,33,40)(H,36,37)(H,41,42).